The fourth-order valence-corrected chi connectivity index (χ4v) is 4.52. The van der Waals surface area contributed by atoms with Crippen LogP contribution in [0.3, 0.4) is 0 Å². The molecule has 0 aromatic heterocycles. The lowest BCUT2D eigenvalue weighted by Gasteiger charge is -2.47. The largest absolute Gasteiger partial charge is 0.390 e. The van der Waals surface area contributed by atoms with E-state index in [0.717, 1.165) is 19.3 Å². The zero-order chi connectivity index (χ0) is 25.8. The molecule has 0 aliphatic heterocycles. The van der Waals surface area contributed by atoms with Crippen molar-refractivity contribution in [3.8, 4) is 0 Å². The van der Waals surface area contributed by atoms with Gasteiger partial charge in [-0.05, 0) is 106 Å². The van der Waals surface area contributed by atoms with Gasteiger partial charge in [-0.1, -0.05) is 27.2 Å². The first-order valence-electron chi connectivity index (χ1n) is 12.5. The molecular formula is C27H58N2O3. The van der Waals surface area contributed by atoms with Crippen LogP contribution in [-0.2, 0) is 9.47 Å². The molecule has 194 valence electrons. The predicted molar refractivity (Wildman–Crippen MR) is 138 cm³/mol. The normalized spacial score (nSPS) is 18.4. The van der Waals surface area contributed by atoms with E-state index in [2.05, 4.69) is 48.5 Å². The van der Waals surface area contributed by atoms with Gasteiger partial charge < -0.3 is 26.0 Å². The first-order chi connectivity index (χ1) is 13.9. The van der Waals surface area contributed by atoms with Gasteiger partial charge in [0.2, 0.25) is 0 Å². The molecule has 0 bridgehead atoms. The molecule has 0 aromatic rings. The molecule has 0 amide bonds. The van der Waals surface area contributed by atoms with Crippen molar-refractivity contribution in [3.05, 3.63) is 0 Å². The first-order valence-corrected chi connectivity index (χ1v) is 12.5. The van der Waals surface area contributed by atoms with Crippen molar-refractivity contribution in [2.75, 3.05) is 13.2 Å². The fraction of sp³-hybridized carbons (Fsp3) is 1.00. The van der Waals surface area contributed by atoms with Gasteiger partial charge in [-0.25, -0.2) is 0 Å². The Hall–Kier alpha value is -0.200. The highest BCUT2D eigenvalue weighted by Crippen LogP contribution is 2.47. The Labute approximate surface area is 200 Å². The Balaban J connectivity index is 5.61. The molecule has 0 aromatic carbocycles. The van der Waals surface area contributed by atoms with Crippen LogP contribution in [0.15, 0.2) is 0 Å². The summed E-state index contributed by atoms with van der Waals surface area (Å²) in [6.07, 6.45) is 3.30. The number of ether oxygens (including phenoxy) is 2. The third-order valence-corrected chi connectivity index (χ3v) is 7.15. The lowest BCUT2D eigenvalue weighted by Crippen LogP contribution is -2.47. The molecule has 0 spiro atoms. The van der Waals surface area contributed by atoms with Crippen molar-refractivity contribution in [3.63, 3.8) is 0 Å². The molecule has 2 unspecified atom stereocenters. The third-order valence-electron chi connectivity index (χ3n) is 7.15. The SMILES string of the molecule is CCC(CC(C)(C)O)(CC(C)(C)OCC(C)C(C)(C)N)CC(C)(C)OCC(C)C(C)(C)N. The molecule has 0 rings (SSSR count). The van der Waals surface area contributed by atoms with Crippen LogP contribution in [0.5, 0.6) is 0 Å². The zero-order valence-electron chi connectivity index (χ0n) is 23.8. The van der Waals surface area contributed by atoms with Gasteiger partial charge in [0, 0.05) is 11.1 Å². The highest BCUT2D eigenvalue weighted by atomic mass is 16.5. The lowest BCUT2D eigenvalue weighted by atomic mass is 9.65. The maximum absolute atomic E-state index is 10.8. The minimum absolute atomic E-state index is 0.131. The minimum atomic E-state index is -0.777. The van der Waals surface area contributed by atoms with Crippen molar-refractivity contribution in [2.24, 2.45) is 28.7 Å². The Bertz CT molecular complexity index is 513. The summed E-state index contributed by atoms with van der Waals surface area (Å²) in [4.78, 5) is 0. The highest BCUT2D eigenvalue weighted by Gasteiger charge is 2.43. The molecule has 0 saturated heterocycles. The monoisotopic (exact) mass is 458 g/mol. The number of hydrogen-bond donors (Lipinski definition) is 3. The van der Waals surface area contributed by atoms with Gasteiger partial charge >= 0.3 is 0 Å². The van der Waals surface area contributed by atoms with E-state index in [4.69, 9.17) is 20.9 Å². The maximum atomic E-state index is 10.8. The standard InChI is InChI=1S/C27H58N2O3/c1-14-27(17-22(4,5)30,18-23(6,7)31-15-20(2)25(10,11)28)19-24(8,9)32-16-21(3)26(12,13)29/h20-21,30H,14-19,28-29H2,1-13H3. The van der Waals surface area contributed by atoms with Crippen LogP contribution in [0.2, 0.25) is 0 Å². The van der Waals surface area contributed by atoms with E-state index in [1.54, 1.807) is 0 Å². The molecule has 0 radical (unpaired) electrons. The molecule has 32 heavy (non-hydrogen) atoms. The van der Waals surface area contributed by atoms with E-state index in [9.17, 15) is 5.11 Å². The second-order valence-electron chi connectivity index (χ2n) is 13.8. The molecule has 0 fully saturated rings. The van der Waals surface area contributed by atoms with E-state index >= 15 is 0 Å². The third kappa shape index (κ3) is 12.3. The van der Waals surface area contributed by atoms with Gasteiger partial charge in [-0.15, -0.1) is 0 Å². The van der Waals surface area contributed by atoms with Crippen LogP contribution in [0.4, 0.5) is 0 Å². The predicted octanol–water partition coefficient (Wildman–Crippen LogP) is 5.66. The smallest absolute Gasteiger partial charge is 0.0632 e. The fourth-order valence-electron chi connectivity index (χ4n) is 4.52. The Morgan fingerprint density at radius 3 is 1.19 bits per heavy atom. The van der Waals surface area contributed by atoms with Crippen LogP contribution < -0.4 is 11.5 Å². The molecule has 2 atom stereocenters. The first kappa shape index (κ1) is 31.8. The van der Waals surface area contributed by atoms with Crippen molar-refractivity contribution >= 4 is 0 Å². The minimum Gasteiger partial charge on any atom is -0.390 e. The van der Waals surface area contributed by atoms with Gasteiger partial charge in [-0.2, -0.15) is 0 Å². The second kappa shape index (κ2) is 11.0. The van der Waals surface area contributed by atoms with Crippen LogP contribution in [0, 0.1) is 17.3 Å². The van der Waals surface area contributed by atoms with Crippen molar-refractivity contribution < 1.29 is 14.6 Å². The number of rotatable bonds is 15. The van der Waals surface area contributed by atoms with Gasteiger partial charge in [0.15, 0.2) is 0 Å². The van der Waals surface area contributed by atoms with E-state index in [1.807, 2.05) is 41.5 Å². The van der Waals surface area contributed by atoms with E-state index in [-0.39, 0.29) is 39.5 Å². The second-order valence-corrected chi connectivity index (χ2v) is 13.8. The summed E-state index contributed by atoms with van der Waals surface area (Å²) in [6, 6.07) is 0. The van der Waals surface area contributed by atoms with Crippen molar-refractivity contribution in [1.82, 2.24) is 0 Å². The Morgan fingerprint density at radius 1 is 0.656 bits per heavy atom. The summed E-state index contributed by atoms with van der Waals surface area (Å²) >= 11 is 0. The van der Waals surface area contributed by atoms with E-state index in [1.165, 1.54) is 0 Å². The molecule has 5 heteroatoms. The summed E-state index contributed by atoms with van der Waals surface area (Å²) in [6.45, 7) is 28.3. The molecule has 5 nitrogen and oxygen atoms in total. The van der Waals surface area contributed by atoms with Crippen LogP contribution in [0.25, 0.3) is 0 Å². The molecule has 0 saturated carbocycles. The number of hydrogen-bond acceptors (Lipinski definition) is 5. The molecular weight excluding hydrogens is 400 g/mol. The van der Waals surface area contributed by atoms with Crippen LogP contribution in [0.1, 0.15) is 116 Å². The lowest BCUT2D eigenvalue weighted by molar-refractivity contribution is -0.119. The summed E-state index contributed by atoms with van der Waals surface area (Å²) < 4.78 is 12.9. The molecule has 0 heterocycles. The maximum Gasteiger partial charge on any atom is 0.0632 e. The average molecular weight is 459 g/mol. The van der Waals surface area contributed by atoms with Gasteiger partial charge in [0.25, 0.3) is 0 Å². The number of aliphatic hydroxyl groups is 1. The van der Waals surface area contributed by atoms with E-state index < -0.39 is 5.60 Å². The quantitative estimate of drug-likeness (QED) is 0.294. The topological polar surface area (TPSA) is 90.7 Å². The van der Waals surface area contributed by atoms with Gasteiger partial charge in [0.05, 0.1) is 30.0 Å². The Kier molecular flexibility index (Phi) is 11.0. The zero-order valence-corrected chi connectivity index (χ0v) is 23.8. The van der Waals surface area contributed by atoms with Gasteiger partial charge in [-0.3, -0.25) is 0 Å². The summed E-state index contributed by atoms with van der Waals surface area (Å²) in [7, 11) is 0. The van der Waals surface area contributed by atoms with Crippen LogP contribution in [-0.4, -0.2) is 46.2 Å². The van der Waals surface area contributed by atoms with Crippen LogP contribution >= 0.6 is 0 Å². The summed E-state index contributed by atoms with van der Waals surface area (Å²) in [5.41, 5.74) is 10.4. The van der Waals surface area contributed by atoms with E-state index in [0.29, 0.717) is 19.6 Å². The summed E-state index contributed by atoms with van der Waals surface area (Å²) in [5, 5.41) is 10.8. The van der Waals surface area contributed by atoms with Crippen molar-refractivity contribution in [1.29, 1.82) is 0 Å². The average Bonchev–Trinajstić information content (AvgIpc) is 2.53. The molecule has 5 N–H and O–H groups in total. The summed E-state index contributed by atoms with van der Waals surface area (Å²) in [5.74, 6) is 0.487. The Morgan fingerprint density at radius 2 is 0.969 bits per heavy atom. The molecule has 0 aliphatic rings. The molecule has 0 aliphatic carbocycles. The van der Waals surface area contributed by atoms with Crippen molar-refractivity contribution in [2.45, 2.75) is 144 Å². The van der Waals surface area contributed by atoms with Gasteiger partial charge in [0.1, 0.15) is 0 Å². The number of nitrogens with two attached hydrogens (primary N) is 2. The highest BCUT2D eigenvalue weighted by molar-refractivity contribution is 4.95.